The van der Waals surface area contributed by atoms with E-state index in [-0.39, 0.29) is 11.8 Å². The fourth-order valence-corrected chi connectivity index (χ4v) is 2.80. The van der Waals surface area contributed by atoms with E-state index in [1.165, 1.54) is 5.56 Å². The van der Waals surface area contributed by atoms with Crippen LogP contribution >= 0.6 is 0 Å². The molecule has 5 nitrogen and oxygen atoms in total. The van der Waals surface area contributed by atoms with E-state index < -0.39 is 0 Å². The summed E-state index contributed by atoms with van der Waals surface area (Å²) in [6.45, 7) is 1.05. The molecule has 0 saturated carbocycles. The largest absolute Gasteiger partial charge is 0.352 e. The molecule has 0 saturated heterocycles. The SMILES string of the molecule is O=C(NCCCc1ccccc1)c1ccc(C(=O)NCc2ccncc2)cc1. The van der Waals surface area contributed by atoms with Gasteiger partial charge in [-0.3, -0.25) is 14.6 Å². The van der Waals surface area contributed by atoms with E-state index in [2.05, 4.69) is 27.8 Å². The Morgan fingerprint density at radius 1 is 0.714 bits per heavy atom. The van der Waals surface area contributed by atoms with Crippen LogP contribution in [0.15, 0.2) is 79.1 Å². The zero-order valence-corrected chi connectivity index (χ0v) is 15.6. The normalized spacial score (nSPS) is 10.3. The minimum Gasteiger partial charge on any atom is -0.352 e. The lowest BCUT2D eigenvalue weighted by atomic mass is 10.1. The summed E-state index contributed by atoms with van der Waals surface area (Å²) in [5, 5.41) is 5.77. The number of hydrogen-bond donors (Lipinski definition) is 2. The van der Waals surface area contributed by atoms with E-state index in [4.69, 9.17) is 0 Å². The molecule has 0 radical (unpaired) electrons. The molecule has 0 bridgehead atoms. The minimum absolute atomic E-state index is 0.128. The van der Waals surface area contributed by atoms with Gasteiger partial charge in [0, 0.05) is 36.6 Å². The first-order valence-corrected chi connectivity index (χ1v) is 9.31. The second kappa shape index (κ2) is 10.0. The molecule has 2 aromatic carbocycles. The first kappa shape index (κ1) is 19.3. The highest BCUT2D eigenvalue weighted by Gasteiger charge is 2.08. The molecular formula is C23H23N3O2. The highest BCUT2D eigenvalue weighted by Crippen LogP contribution is 2.06. The minimum atomic E-state index is -0.174. The molecule has 28 heavy (non-hydrogen) atoms. The van der Waals surface area contributed by atoms with Gasteiger partial charge in [0.15, 0.2) is 0 Å². The molecule has 142 valence electrons. The highest BCUT2D eigenvalue weighted by molar-refractivity contribution is 5.97. The molecule has 0 unspecified atom stereocenters. The van der Waals surface area contributed by atoms with Crippen LogP contribution in [0.1, 0.15) is 38.3 Å². The van der Waals surface area contributed by atoms with Gasteiger partial charge < -0.3 is 10.6 Å². The quantitative estimate of drug-likeness (QED) is 0.595. The van der Waals surface area contributed by atoms with Crippen LogP contribution in [-0.2, 0) is 13.0 Å². The maximum absolute atomic E-state index is 12.2. The van der Waals surface area contributed by atoms with E-state index >= 15 is 0 Å². The van der Waals surface area contributed by atoms with Crippen LogP contribution in [-0.4, -0.2) is 23.3 Å². The molecule has 2 N–H and O–H groups in total. The van der Waals surface area contributed by atoms with Gasteiger partial charge in [0.1, 0.15) is 0 Å². The van der Waals surface area contributed by atoms with Gasteiger partial charge in [-0.1, -0.05) is 30.3 Å². The third-order valence-corrected chi connectivity index (χ3v) is 4.38. The molecule has 1 heterocycles. The van der Waals surface area contributed by atoms with Gasteiger partial charge in [-0.15, -0.1) is 0 Å². The van der Waals surface area contributed by atoms with Gasteiger partial charge in [-0.25, -0.2) is 0 Å². The Morgan fingerprint density at radius 2 is 1.32 bits per heavy atom. The predicted octanol–water partition coefficient (Wildman–Crippen LogP) is 3.37. The molecule has 2 amide bonds. The maximum atomic E-state index is 12.2. The number of rotatable bonds is 8. The summed E-state index contributed by atoms with van der Waals surface area (Å²) in [5.74, 6) is -0.302. The van der Waals surface area contributed by atoms with Crippen molar-refractivity contribution in [3.8, 4) is 0 Å². The average Bonchev–Trinajstić information content (AvgIpc) is 2.76. The van der Waals surface area contributed by atoms with Crippen LogP contribution < -0.4 is 10.6 Å². The van der Waals surface area contributed by atoms with Crippen LogP contribution in [0, 0.1) is 0 Å². The number of benzene rings is 2. The van der Waals surface area contributed by atoms with Crippen molar-refractivity contribution in [2.24, 2.45) is 0 Å². The van der Waals surface area contributed by atoms with Crippen LogP contribution in [0.4, 0.5) is 0 Å². The van der Waals surface area contributed by atoms with Crippen molar-refractivity contribution in [1.29, 1.82) is 0 Å². The van der Waals surface area contributed by atoms with Gasteiger partial charge >= 0.3 is 0 Å². The van der Waals surface area contributed by atoms with Crippen molar-refractivity contribution >= 4 is 11.8 Å². The lowest BCUT2D eigenvalue weighted by molar-refractivity contribution is 0.0940. The number of aromatic nitrogens is 1. The standard InChI is InChI=1S/C23H23N3O2/c27-22(25-14-4-7-18-5-2-1-3-6-18)20-8-10-21(11-9-20)23(28)26-17-19-12-15-24-16-13-19/h1-3,5-6,8-13,15-16H,4,7,14,17H2,(H,25,27)(H,26,28). The molecule has 0 aliphatic rings. The van der Waals surface area contributed by atoms with Gasteiger partial charge in [0.2, 0.25) is 0 Å². The summed E-state index contributed by atoms with van der Waals surface area (Å²) in [6, 6.07) is 20.6. The molecular weight excluding hydrogens is 350 g/mol. The predicted molar refractivity (Wildman–Crippen MR) is 109 cm³/mol. The van der Waals surface area contributed by atoms with Crippen molar-refractivity contribution in [2.75, 3.05) is 6.54 Å². The topological polar surface area (TPSA) is 71.1 Å². The fourth-order valence-electron chi connectivity index (χ4n) is 2.80. The molecule has 0 atom stereocenters. The summed E-state index contributed by atoms with van der Waals surface area (Å²) in [7, 11) is 0. The lowest BCUT2D eigenvalue weighted by Gasteiger charge is -2.08. The summed E-state index contributed by atoms with van der Waals surface area (Å²) in [4.78, 5) is 28.4. The summed E-state index contributed by atoms with van der Waals surface area (Å²) < 4.78 is 0. The number of amides is 2. The van der Waals surface area contributed by atoms with Crippen LogP contribution in [0.3, 0.4) is 0 Å². The zero-order valence-electron chi connectivity index (χ0n) is 15.6. The first-order valence-electron chi connectivity index (χ1n) is 9.31. The van der Waals surface area contributed by atoms with Crippen LogP contribution in [0.2, 0.25) is 0 Å². The van der Waals surface area contributed by atoms with E-state index in [0.717, 1.165) is 18.4 Å². The Balaban J connectivity index is 1.43. The Bertz CT molecular complexity index is 894. The Morgan fingerprint density at radius 3 is 1.96 bits per heavy atom. The van der Waals surface area contributed by atoms with Gasteiger partial charge in [0.25, 0.3) is 11.8 Å². The monoisotopic (exact) mass is 373 g/mol. The van der Waals surface area contributed by atoms with Gasteiger partial charge in [0.05, 0.1) is 0 Å². The van der Waals surface area contributed by atoms with E-state index in [1.54, 1.807) is 36.7 Å². The number of nitrogens with one attached hydrogen (secondary N) is 2. The zero-order chi connectivity index (χ0) is 19.6. The third kappa shape index (κ3) is 5.77. The molecule has 0 fully saturated rings. The first-order chi connectivity index (χ1) is 13.7. The number of carbonyl (C=O) groups excluding carboxylic acids is 2. The van der Waals surface area contributed by atoms with E-state index in [0.29, 0.717) is 24.2 Å². The summed E-state index contributed by atoms with van der Waals surface area (Å²) in [5.41, 5.74) is 3.31. The van der Waals surface area contributed by atoms with E-state index in [9.17, 15) is 9.59 Å². The number of carbonyl (C=O) groups is 2. The second-order valence-electron chi connectivity index (χ2n) is 6.46. The maximum Gasteiger partial charge on any atom is 0.251 e. The highest BCUT2D eigenvalue weighted by atomic mass is 16.2. The third-order valence-electron chi connectivity index (χ3n) is 4.38. The molecule has 0 spiro atoms. The van der Waals surface area contributed by atoms with Crippen molar-refractivity contribution in [3.05, 3.63) is 101 Å². The van der Waals surface area contributed by atoms with Gasteiger partial charge in [-0.05, 0) is 60.4 Å². The molecule has 1 aromatic heterocycles. The van der Waals surface area contributed by atoms with Crippen molar-refractivity contribution in [3.63, 3.8) is 0 Å². The smallest absolute Gasteiger partial charge is 0.251 e. The van der Waals surface area contributed by atoms with Crippen molar-refractivity contribution in [2.45, 2.75) is 19.4 Å². The fraction of sp³-hybridized carbons (Fsp3) is 0.174. The molecule has 3 rings (SSSR count). The molecule has 5 heteroatoms. The summed E-state index contributed by atoms with van der Waals surface area (Å²) in [6.07, 6.45) is 5.19. The summed E-state index contributed by atoms with van der Waals surface area (Å²) >= 11 is 0. The molecule has 3 aromatic rings. The van der Waals surface area contributed by atoms with Crippen LogP contribution in [0.25, 0.3) is 0 Å². The Kier molecular flexibility index (Phi) is 6.90. The second-order valence-corrected chi connectivity index (χ2v) is 6.46. The number of hydrogen-bond acceptors (Lipinski definition) is 3. The molecule has 0 aliphatic carbocycles. The van der Waals surface area contributed by atoms with Gasteiger partial charge in [-0.2, -0.15) is 0 Å². The lowest BCUT2D eigenvalue weighted by Crippen LogP contribution is -2.25. The Labute approximate surface area is 164 Å². The number of nitrogens with zero attached hydrogens (tertiary/aromatic N) is 1. The number of pyridine rings is 1. The average molecular weight is 373 g/mol. The van der Waals surface area contributed by atoms with Crippen LogP contribution in [0.5, 0.6) is 0 Å². The van der Waals surface area contributed by atoms with E-state index in [1.807, 2.05) is 30.3 Å². The van der Waals surface area contributed by atoms with Crippen molar-refractivity contribution in [1.82, 2.24) is 15.6 Å². The molecule has 0 aliphatic heterocycles. The Hall–Kier alpha value is -3.47. The van der Waals surface area contributed by atoms with Crippen molar-refractivity contribution < 1.29 is 9.59 Å². The number of aryl methyl sites for hydroxylation is 1.